The number of halogens is 2. The predicted molar refractivity (Wildman–Crippen MR) is 74.1 cm³/mol. The minimum atomic E-state index is -1.36. The summed E-state index contributed by atoms with van der Waals surface area (Å²) in [7, 11) is 0. The monoisotopic (exact) mass is 304 g/mol. The largest absolute Gasteiger partial charge is 0.380 e. The van der Waals surface area contributed by atoms with Gasteiger partial charge in [0.25, 0.3) is 0 Å². The number of nitrogens with zero attached hydrogens (tertiary/aromatic N) is 2. The van der Waals surface area contributed by atoms with Crippen LogP contribution < -0.4 is 0 Å². The quantitative estimate of drug-likeness (QED) is 0.926. The molecule has 0 spiro atoms. The van der Waals surface area contributed by atoms with Gasteiger partial charge in [0, 0.05) is 17.3 Å². The second-order valence-electron chi connectivity index (χ2n) is 4.87. The van der Waals surface area contributed by atoms with Gasteiger partial charge in [0.15, 0.2) is 0 Å². The summed E-state index contributed by atoms with van der Waals surface area (Å²) in [5.74, 6) is -0.598. The van der Waals surface area contributed by atoms with E-state index in [1.807, 2.05) is 6.07 Å². The number of aliphatic hydroxyl groups is 1. The average molecular weight is 305 g/mol. The van der Waals surface area contributed by atoms with E-state index in [2.05, 4.69) is 4.98 Å². The Morgan fingerprint density at radius 2 is 2.14 bits per heavy atom. The number of rotatable bonds is 2. The molecule has 1 aliphatic heterocycles. The van der Waals surface area contributed by atoms with E-state index in [1.54, 1.807) is 18.2 Å². The fourth-order valence-corrected chi connectivity index (χ4v) is 2.56. The molecule has 3 rings (SSSR count). The van der Waals surface area contributed by atoms with Gasteiger partial charge in [0.1, 0.15) is 17.5 Å². The molecule has 2 aromatic rings. The van der Waals surface area contributed by atoms with Crippen LogP contribution >= 0.6 is 11.6 Å². The third-order valence-electron chi connectivity index (χ3n) is 3.45. The molecule has 1 saturated heterocycles. The lowest BCUT2D eigenvalue weighted by atomic mass is 9.86. The Hall–Kier alpha value is -2.00. The van der Waals surface area contributed by atoms with Crippen molar-refractivity contribution in [3.8, 4) is 17.2 Å². The number of ether oxygens (including phenoxy) is 1. The average Bonchev–Trinajstić information content (AvgIpc) is 2.44. The molecule has 0 bridgehead atoms. The summed E-state index contributed by atoms with van der Waals surface area (Å²) in [6.07, 6.45) is 2.52. The molecule has 1 N–H and O–H groups in total. The molecular formula is C15H10ClFN2O2. The smallest absolute Gasteiger partial charge is 0.148 e. The molecule has 4 nitrogen and oxygen atoms in total. The molecule has 0 saturated carbocycles. The third kappa shape index (κ3) is 2.28. The fourth-order valence-electron chi connectivity index (χ4n) is 2.34. The topological polar surface area (TPSA) is 66.1 Å². The van der Waals surface area contributed by atoms with Gasteiger partial charge in [-0.05, 0) is 17.7 Å². The van der Waals surface area contributed by atoms with Crippen LogP contribution in [0.2, 0.25) is 5.02 Å². The van der Waals surface area contributed by atoms with Crippen molar-refractivity contribution in [2.24, 2.45) is 0 Å². The van der Waals surface area contributed by atoms with Crippen LogP contribution in [0.4, 0.5) is 4.39 Å². The lowest BCUT2D eigenvalue weighted by Crippen LogP contribution is -2.47. The summed E-state index contributed by atoms with van der Waals surface area (Å²) in [4.78, 5) is 3.83. The van der Waals surface area contributed by atoms with Crippen LogP contribution in [0.25, 0.3) is 11.1 Å². The molecule has 2 heterocycles. The van der Waals surface area contributed by atoms with Gasteiger partial charge in [-0.1, -0.05) is 17.7 Å². The number of aromatic nitrogens is 1. The van der Waals surface area contributed by atoms with Gasteiger partial charge in [-0.2, -0.15) is 5.26 Å². The minimum Gasteiger partial charge on any atom is -0.380 e. The van der Waals surface area contributed by atoms with Gasteiger partial charge in [0.05, 0.1) is 30.0 Å². The molecule has 1 aromatic carbocycles. The first-order chi connectivity index (χ1) is 10.0. The first kappa shape index (κ1) is 14.0. The summed E-state index contributed by atoms with van der Waals surface area (Å²) < 4.78 is 19.1. The zero-order chi connectivity index (χ0) is 15.0. The first-order valence-corrected chi connectivity index (χ1v) is 6.57. The normalized spacial score (nSPS) is 16.1. The zero-order valence-electron chi connectivity index (χ0n) is 10.8. The maximum absolute atomic E-state index is 14.1. The van der Waals surface area contributed by atoms with Gasteiger partial charge >= 0.3 is 0 Å². The van der Waals surface area contributed by atoms with E-state index in [-0.39, 0.29) is 23.8 Å². The Labute approximate surface area is 125 Å². The van der Waals surface area contributed by atoms with Gasteiger partial charge in [-0.15, -0.1) is 0 Å². The highest BCUT2D eigenvalue weighted by Crippen LogP contribution is 2.38. The highest BCUT2D eigenvalue weighted by Gasteiger charge is 2.42. The van der Waals surface area contributed by atoms with E-state index >= 15 is 0 Å². The Kier molecular flexibility index (Phi) is 3.38. The predicted octanol–water partition coefficient (Wildman–Crippen LogP) is 2.63. The van der Waals surface area contributed by atoms with Crippen molar-refractivity contribution in [2.45, 2.75) is 5.60 Å². The van der Waals surface area contributed by atoms with Crippen molar-refractivity contribution >= 4 is 11.6 Å². The van der Waals surface area contributed by atoms with Crippen LogP contribution in [0.15, 0.2) is 30.6 Å². The van der Waals surface area contributed by atoms with Crippen LogP contribution in [0.5, 0.6) is 0 Å². The molecule has 0 amide bonds. The third-order valence-corrected chi connectivity index (χ3v) is 3.76. The van der Waals surface area contributed by atoms with Gasteiger partial charge in [0.2, 0.25) is 0 Å². The maximum Gasteiger partial charge on any atom is 0.148 e. The number of pyridine rings is 1. The Morgan fingerprint density at radius 3 is 2.71 bits per heavy atom. The lowest BCUT2D eigenvalue weighted by molar-refractivity contribution is -0.185. The Morgan fingerprint density at radius 1 is 1.38 bits per heavy atom. The molecular weight excluding hydrogens is 295 g/mol. The van der Waals surface area contributed by atoms with Crippen LogP contribution in [0.1, 0.15) is 11.1 Å². The molecule has 21 heavy (non-hydrogen) atoms. The first-order valence-electron chi connectivity index (χ1n) is 6.19. The van der Waals surface area contributed by atoms with Crippen LogP contribution in [0, 0.1) is 17.1 Å². The van der Waals surface area contributed by atoms with E-state index in [0.29, 0.717) is 16.7 Å². The molecule has 6 heteroatoms. The number of benzene rings is 1. The summed E-state index contributed by atoms with van der Waals surface area (Å²) >= 11 is 6.01. The van der Waals surface area contributed by atoms with E-state index in [1.165, 1.54) is 6.20 Å². The summed E-state index contributed by atoms with van der Waals surface area (Å²) in [6.45, 7) is 0.0654. The van der Waals surface area contributed by atoms with E-state index < -0.39 is 11.4 Å². The molecule has 0 atom stereocenters. The van der Waals surface area contributed by atoms with Crippen molar-refractivity contribution in [2.75, 3.05) is 13.2 Å². The van der Waals surface area contributed by atoms with E-state index in [4.69, 9.17) is 21.6 Å². The zero-order valence-corrected chi connectivity index (χ0v) is 11.6. The molecule has 1 aliphatic rings. The summed E-state index contributed by atoms with van der Waals surface area (Å²) in [5, 5.41) is 19.6. The van der Waals surface area contributed by atoms with Crippen LogP contribution in [-0.2, 0) is 10.3 Å². The maximum atomic E-state index is 14.1. The van der Waals surface area contributed by atoms with Crippen LogP contribution in [0.3, 0.4) is 0 Å². The second-order valence-corrected chi connectivity index (χ2v) is 5.28. The number of hydrogen-bond acceptors (Lipinski definition) is 4. The molecule has 0 unspecified atom stereocenters. The highest BCUT2D eigenvalue weighted by atomic mass is 35.5. The van der Waals surface area contributed by atoms with Gasteiger partial charge in [-0.25, -0.2) is 4.39 Å². The summed E-state index contributed by atoms with van der Waals surface area (Å²) in [6, 6.07) is 6.72. The lowest BCUT2D eigenvalue weighted by Gasteiger charge is -2.38. The Balaban J connectivity index is 2.17. The summed E-state index contributed by atoms with van der Waals surface area (Å²) in [5.41, 5.74) is 0.137. The van der Waals surface area contributed by atoms with Crippen molar-refractivity contribution in [3.63, 3.8) is 0 Å². The van der Waals surface area contributed by atoms with Crippen molar-refractivity contribution < 1.29 is 14.2 Å². The van der Waals surface area contributed by atoms with Gasteiger partial charge in [-0.3, -0.25) is 4.98 Å². The second kappa shape index (κ2) is 5.08. The van der Waals surface area contributed by atoms with E-state index in [0.717, 1.165) is 6.20 Å². The molecule has 1 aromatic heterocycles. The molecule has 106 valence electrons. The molecule has 1 fully saturated rings. The van der Waals surface area contributed by atoms with Gasteiger partial charge < -0.3 is 9.84 Å². The van der Waals surface area contributed by atoms with Crippen molar-refractivity contribution in [3.05, 3.63) is 52.6 Å². The molecule has 0 aliphatic carbocycles. The fraction of sp³-hybridized carbons (Fsp3) is 0.200. The highest BCUT2D eigenvalue weighted by molar-refractivity contribution is 6.32. The molecule has 0 radical (unpaired) electrons. The SMILES string of the molecule is N#Cc1ccc(-c2cncc(F)c2C2(O)COC2)cc1Cl. The minimum absolute atomic E-state index is 0.0327. The van der Waals surface area contributed by atoms with Crippen molar-refractivity contribution in [1.82, 2.24) is 4.98 Å². The number of hydrogen-bond donors (Lipinski definition) is 1. The Bertz CT molecular complexity index is 754. The standard InChI is InChI=1S/C15H10ClFN2O2/c16-12-3-9(1-2-10(12)4-18)11-5-19-6-13(17)14(11)15(20)7-21-8-15/h1-3,5-6,20H,7-8H2. The van der Waals surface area contributed by atoms with E-state index in [9.17, 15) is 9.50 Å². The van der Waals surface area contributed by atoms with Crippen LogP contribution in [-0.4, -0.2) is 23.3 Å². The number of nitriles is 1. The van der Waals surface area contributed by atoms with Crippen molar-refractivity contribution in [1.29, 1.82) is 5.26 Å².